The van der Waals surface area contributed by atoms with Gasteiger partial charge in [-0.1, -0.05) is 17.7 Å². The van der Waals surface area contributed by atoms with Gasteiger partial charge < -0.3 is 9.47 Å². The number of carbonyl (C=O) groups excluding carboxylic acids is 2. The number of rotatable bonds is 7. The van der Waals surface area contributed by atoms with Gasteiger partial charge in [-0.15, -0.1) is 11.3 Å². The van der Waals surface area contributed by atoms with E-state index < -0.39 is 11.8 Å². The Balaban J connectivity index is 1.77. The molecule has 1 aliphatic rings. The van der Waals surface area contributed by atoms with Crippen LogP contribution in [-0.2, 0) is 16.1 Å². The summed E-state index contributed by atoms with van der Waals surface area (Å²) in [6, 6.07) is 5.52. The third kappa shape index (κ3) is 3.54. The highest BCUT2D eigenvalue weighted by atomic mass is 35.5. The highest BCUT2D eigenvalue weighted by molar-refractivity contribution is 7.15. The second-order valence-corrected chi connectivity index (χ2v) is 8.02. The summed E-state index contributed by atoms with van der Waals surface area (Å²) in [5.74, 6) is -0.934. The summed E-state index contributed by atoms with van der Waals surface area (Å²) >= 11 is 7.25. The van der Waals surface area contributed by atoms with Gasteiger partial charge in [0.15, 0.2) is 4.47 Å². The predicted octanol–water partition coefficient (Wildman–Crippen LogP) is 2.53. The van der Waals surface area contributed by atoms with Crippen molar-refractivity contribution in [1.82, 2.24) is 9.55 Å². The van der Waals surface area contributed by atoms with E-state index in [1.807, 2.05) is 18.2 Å². The minimum atomic E-state index is -0.868. The van der Waals surface area contributed by atoms with Crippen molar-refractivity contribution in [3.8, 4) is 5.88 Å². The molecule has 3 aromatic rings. The lowest BCUT2D eigenvalue weighted by molar-refractivity contribution is -0.520. The summed E-state index contributed by atoms with van der Waals surface area (Å²) in [5.41, 5.74) is 0.853. The standard InChI is InChI=1S/C18H17ClN3O4S/c1-25-16-14(15(23)17(24)26-10-11-5-6-11)22(9-12-8-20-18(19)27-12)13-4-2-3-7-21(13)16/h2-4,7-8,11H,5-6,9-10H2,1H3/q+1. The molecular weight excluding hydrogens is 390 g/mol. The molecular formula is C18H17ClN3O4S+. The molecule has 4 rings (SSSR count). The van der Waals surface area contributed by atoms with Gasteiger partial charge >= 0.3 is 17.6 Å². The van der Waals surface area contributed by atoms with Crippen LogP contribution in [0.3, 0.4) is 0 Å². The number of Topliss-reactive ketones (excluding diaryl/α,β-unsaturated/α-hetero) is 1. The van der Waals surface area contributed by atoms with Gasteiger partial charge in [0.2, 0.25) is 0 Å². The lowest BCUT2D eigenvalue weighted by Gasteiger charge is -2.03. The van der Waals surface area contributed by atoms with Crippen LogP contribution in [0.25, 0.3) is 5.65 Å². The first-order chi connectivity index (χ1) is 13.1. The molecule has 0 aliphatic heterocycles. The number of fused-ring (bicyclic) bond motifs is 1. The van der Waals surface area contributed by atoms with Crippen LogP contribution in [0.5, 0.6) is 5.88 Å². The molecule has 0 atom stereocenters. The molecule has 0 amide bonds. The van der Waals surface area contributed by atoms with Crippen LogP contribution < -0.4 is 9.14 Å². The SMILES string of the molecule is COc1c(C(=O)C(=O)OCC2CC2)n(Cc2cnc(Cl)s2)c2cccc[n+]12. The number of pyridine rings is 1. The molecule has 7 nitrogen and oxygen atoms in total. The van der Waals surface area contributed by atoms with Crippen LogP contribution >= 0.6 is 22.9 Å². The summed E-state index contributed by atoms with van der Waals surface area (Å²) in [6.45, 7) is 0.614. The maximum atomic E-state index is 12.9. The Morgan fingerprint density at radius 3 is 2.89 bits per heavy atom. The van der Waals surface area contributed by atoms with Crippen molar-refractivity contribution in [3.05, 3.63) is 45.6 Å². The topological polar surface area (TPSA) is 74.5 Å². The molecule has 0 saturated heterocycles. The highest BCUT2D eigenvalue weighted by Crippen LogP contribution is 2.29. The number of hydrogen-bond acceptors (Lipinski definition) is 6. The minimum absolute atomic E-state index is 0.147. The van der Waals surface area contributed by atoms with E-state index in [0.29, 0.717) is 22.6 Å². The zero-order chi connectivity index (χ0) is 19.0. The molecule has 9 heteroatoms. The van der Waals surface area contributed by atoms with E-state index >= 15 is 0 Å². The summed E-state index contributed by atoms with van der Waals surface area (Å²) in [6.07, 6.45) is 5.50. The van der Waals surface area contributed by atoms with Crippen LogP contribution in [0.4, 0.5) is 0 Å². The Morgan fingerprint density at radius 1 is 1.41 bits per heavy atom. The Morgan fingerprint density at radius 2 is 2.22 bits per heavy atom. The molecule has 1 fully saturated rings. The Hall–Kier alpha value is -2.45. The molecule has 140 valence electrons. The molecule has 0 radical (unpaired) electrons. The predicted molar refractivity (Wildman–Crippen MR) is 98.4 cm³/mol. The average molecular weight is 407 g/mol. The summed E-state index contributed by atoms with van der Waals surface area (Å²) < 4.78 is 14.5. The van der Waals surface area contributed by atoms with Gasteiger partial charge in [0.1, 0.15) is 6.54 Å². The first kappa shape index (κ1) is 17.9. The number of esters is 1. The van der Waals surface area contributed by atoms with Crippen molar-refractivity contribution in [1.29, 1.82) is 0 Å². The fourth-order valence-electron chi connectivity index (χ4n) is 2.90. The van der Waals surface area contributed by atoms with Crippen molar-refractivity contribution in [2.45, 2.75) is 19.4 Å². The molecule has 3 aromatic heterocycles. The van der Waals surface area contributed by atoms with Crippen molar-refractivity contribution in [2.24, 2.45) is 5.92 Å². The molecule has 0 unspecified atom stereocenters. The minimum Gasteiger partial charge on any atom is -0.462 e. The number of methoxy groups -OCH3 is 1. The van der Waals surface area contributed by atoms with Crippen molar-refractivity contribution in [3.63, 3.8) is 0 Å². The normalized spacial score (nSPS) is 13.7. The second kappa shape index (κ2) is 7.28. The number of halogens is 1. The largest absolute Gasteiger partial charge is 0.462 e. The van der Waals surface area contributed by atoms with E-state index in [2.05, 4.69) is 4.98 Å². The number of thiazole rings is 1. The molecule has 0 N–H and O–H groups in total. The van der Waals surface area contributed by atoms with Crippen molar-refractivity contribution >= 4 is 40.3 Å². The number of ketones is 1. The van der Waals surface area contributed by atoms with Crippen molar-refractivity contribution < 1.29 is 23.5 Å². The highest BCUT2D eigenvalue weighted by Gasteiger charge is 2.37. The van der Waals surface area contributed by atoms with Gasteiger partial charge in [0, 0.05) is 12.3 Å². The maximum Gasteiger partial charge on any atom is 0.383 e. The van der Waals surface area contributed by atoms with Gasteiger partial charge in [-0.2, -0.15) is 4.40 Å². The lowest BCUT2D eigenvalue weighted by atomic mass is 10.3. The van der Waals surface area contributed by atoms with Gasteiger partial charge in [-0.25, -0.2) is 14.3 Å². The Bertz CT molecular complexity index is 1020. The third-order valence-corrected chi connectivity index (χ3v) is 5.49. The quantitative estimate of drug-likeness (QED) is 0.261. The molecule has 0 bridgehead atoms. The van der Waals surface area contributed by atoms with Crippen LogP contribution in [0.15, 0.2) is 30.6 Å². The maximum absolute atomic E-state index is 12.9. The third-order valence-electron chi connectivity index (χ3n) is 4.39. The van der Waals surface area contributed by atoms with Crippen molar-refractivity contribution in [2.75, 3.05) is 13.7 Å². The lowest BCUT2D eigenvalue weighted by Crippen LogP contribution is -2.24. The van der Waals surface area contributed by atoms with E-state index in [9.17, 15) is 9.59 Å². The van der Waals surface area contributed by atoms with Crippen LogP contribution in [0, 0.1) is 5.92 Å². The van der Waals surface area contributed by atoms with Gasteiger partial charge in [-0.3, -0.25) is 4.79 Å². The Kier molecular flexibility index (Phi) is 4.84. The zero-order valence-corrected chi connectivity index (χ0v) is 16.1. The Labute approximate surface area is 164 Å². The first-order valence-corrected chi connectivity index (χ1v) is 9.66. The molecule has 1 saturated carbocycles. The summed E-state index contributed by atoms with van der Waals surface area (Å²) in [4.78, 5) is 30.2. The number of aromatic nitrogens is 3. The zero-order valence-electron chi connectivity index (χ0n) is 14.6. The van der Waals surface area contributed by atoms with E-state index in [0.717, 1.165) is 17.7 Å². The fraction of sp³-hybridized carbons (Fsp3) is 0.333. The second-order valence-electron chi connectivity index (χ2n) is 6.32. The number of carbonyl (C=O) groups is 2. The van der Waals surface area contributed by atoms with Gasteiger partial charge in [0.25, 0.3) is 11.3 Å². The molecule has 0 spiro atoms. The molecule has 0 aromatic carbocycles. The fourth-order valence-corrected chi connectivity index (χ4v) is 3.86. The van der Waals surface area contributed by atoms with Crippen LogP contribution in [0.1, 0.15) is 28.2 Å². The molecule has 27 heavy (non-hydrogen) atoms. The van der Waals surface area contributed by atoms with Crippen LogP contribution in [0.2, 0.25) is 4.47 Å². The summed E-state index contributed by atoms with van der Waals surface area (Å²) in [5, 5.41) is 0. The van der Waals surface area contributed by atoms with E-state index in [-0.39, 0.29) is 18.2 Å². The number of nitrogens with zero attached hydrogens (tertiary/aromatic N) is 3. The van der Waals surface area contributed by atoms with Gasteiger partial charge in [-0.05, 0) is 24.8 Å². The number of ether oxygens (including phenoxy) is 2. The smallest absolute Gasteiger partial charge is 0.383 e. The van der Waals surface area contributed by atoms with Crippen LogP contribution in [-0.4, -0.2) is 35.0 Å². The first-order valence-electron chi connectivity index (χ1n) is 8.47. The van der Waals surface area contributed by atoms with E-state index in [1.165, 1.54) is 18.4 Å². The summed E-state index contributed by atoms with van der Waals surface area (Å²) in [7, 11) is 1.47. The number of imidazole rings is 1. The van der Waals surface area contributed by atoms with E-state index in [1.54, 1.807) is 21.4 Å². The van der Waals surface area contributed by atoms with Gasteiger partial charge in [0.05, 0.1) is 24.8 Å². The number of hydrogen-bond donors (Lipinski definition) is 0. The molecule has 3 heterocycles. The average Bonchev–Trinajstić information content (AvgIpc) is 3.34. The monoisotopic (exact) mass is 406 g/mol. The van der Waals surface area contributed by atoms with E-state index in [4.69, 9.17) is 21.1 Å². The molecule has 1 aliphatic carbocycles.